The molecule has 6 nitrogen and oxygen atoms in total. The number of ether oxygens (including phenoxy) is 2. The Labute approximate surface area is 156 Å². The molecule has 0 heterocycles. The summed E-state index contributed by atoms with van der Waals surface area (Å²) in [5.41, 5.74) is 5.99. The van der Waals surface area contributed by atoms with Crippen LogP contribution in [-0.4, -0.2) is 24.2 Å². The Morgan fingerprint density at radius 3 is 2.50 bits per heavy atom. The van der Waals surface area contributed by atoms with E-state index < -0.39 is 17.8 Å². The number of hydrogen-bond acceptors (Lipinski definition) is 4. The Morgan fingerprint density at radius 1 is 1.15 bits per heavy atom. The van der Waals surface area contributed by atoms with Crippen LogP contribution < -0.4 is 25.6 Å². The summed E-state index contributed by atoms with van der Waals surface area (Å²) in [6.45, 7) is 1.99. The lowest BCUT2D eigenvalue weighted by Gasteiger charge is -2.16. The van der Waals surface area contributed by atoms with E-state index in [-0.39, 0.29) is 10.9 Å². The minimum Gasteiger partial charge on any atom is -0.497 e. The molecule has 0 aliphatic heterocycles. The fourth-order valence-corrected chi connectivity index (χ4v) is 2.10. The monoisotopic (exact) mass is 377 g/mol. The van der Waals surface area contributed by atoms with Gasteiger partial charge < -0.3 is 14.8 Å². The van der Waals surface area contributed by atoms with Gasteiger partial charge in [-0.3, -0.25) is 15.6 Å². The molecule has 0 aromatic heterocycles. The fourth-order valence-electron chi connectivity index (χ4n) is 1.97. The van der Waals surface area contributed by atoms with Crippen molar-refractivity contribution in [2.45, 2.75) is 19.6 Å². The first-order chi connectivity index (χ1) is 12.5. The van der Waals surface area contributed by atoms with Crippen molar-refractivity contribution in [3.8, 4) is 11.5 Å². The summed E-state index contributed by atoms with van der Waals surface area (Å²) in [6, 6.07) is 13.4. The highest BCUT2D eigenvalue weighted by molar-refractivity contribution is 7.80. The molecule has 0 fully saturated rings. The van der Waals surface area contributed by atoms with Crippen molar-refractivity contribution in [3.63, 3.8) is 0 Å². The Kier molecular flexibility index (Phi) is 7.16. The van der Waals surface area contributed by atoms with E-state index in [2.05, 4.69) is 16.2 Å². The van der Waals surface area contributed by atoms with E-state index in [9.17, 15) is 9.18 Å². The summed E-state index contributed by atoms with van der Waals surface area (Å²) in [7, 11) is 1.60. The molecule has 0 saturated carbocycles. The average Bonchev–Trinajstić information content (AvgIpc) is 2.66. The van der Waals surface area contributed by atoms with Gasteiger partial charge >= 0.3 is 0 Å². The zero-order valence-electron chi connectivity index (χ0n) is 14.4. The number of benzene rings is 2. The van der Waals surface area contributed by atoms with Crippen LogP contribution in [0.5, 0.6) is 11.5 Å². The molecule has 0 spiro atoms. The quantitative estimate of drug-likeness (QED) is 0.530. The molecule has 0 radical (unpaired) electrons. The molecule has 26 heavy (non-hydrogen) atoms. The minimum atomic E-state index is -0.899. The summed E-state index contributed by atoms with van der Waals surface area (Å²) in [5, 5.41) is 3.20. The lowest BCUT2D eigenvalue weighted by Crippen LogP contribution is -2.50. The SMILES string of the molecule is COc1ccc(CNC(=S)NNC(=O)[C@H](C)Oc2ccccc2F)cc1. The second-order valence-corrected chi connectivity index (χ2v) is 5.74. The van der Waals surface area contributed by atoms with Crippen molar-refractivity contribution >= 4 is 23.2 Å². The smallest absolute Gasteiger partial charge is 0.279 e. The van der Waals surface area contributed by atoms with Crippen LogP contribution >= 0.6 is 12.2 Å². The number of para-hydroxylation sites is 1. The molecule has 0 unspecified atom stereocenters. The van der Waals surface area contributed by atoms with Gasteiger partial charge in [-0.15, -0.1) is 0 Å². The van der Waals surface area contributed by atoms with Crippen LogP contribution in [-0.2, 0) is 11.3 Å². The van der Waals surface area contributed by atoms with Gasteiger partial charge in [-0.1, -0.05) is 24.3 Å². The van der Waals surface area contributed by atoms with Gasteiger partial charge in [0.1, 0.15) is 5.75 Å². The summed E-state index contributed by atoms with van der Waals surface area (Å²) in [6.07, 6.45) is -0.899. The van der Waals surface area contributed by atoms with Crippen molar-refractivity contribution in [3.05, 3.63) is 59.9 Å². The van der Waals surface area contributed by atoms with Gasteiger partial charge in [0.25, 0.3) is 5.91 Å². The Hall–Kier alpha value is -2.87. The molecule has 2 aromatic rings. The maximum atomic E-state index is 13.5. The van der Waals surface area contributed by atoms with E-state index in [1.54, 1.807) is 19.2 Å². The number of nitrogens with one attached hydrogen (secondary N) is 3. The van der Waals surface area contributed by atoms with E-state index in [0.717, 1.165) is 11.3 Å². The number of hydrazine groups is 1. The first-order valence-electron chi connectivity index (χ1n) is 7.87. The molecular formula is C18H20FN3O3S. The van der Waals surface area contributed by atoms with Crippen LogP contribution in [0, 0.1) is 5.82 Å². The van der Waals surface area contributed by atoms with Gasteiger partial charge in [0.2, 0.25) is 0 Å². The highest BCUT2D eigenvalue weighted by atomic mass is 32.1. The van der Waals surface area contributed by atoms with Crippen LogP contribution in [0.4, 0.5) is 4.39 Å². The Bertz CT molecular complexity index is 756. The number of rotatable bonds is 6. The average molecular weight is 377 g/mol. The molecule has 2 rings (SSSR count). The third-order valence-corrected chi connectivity index (χ3v) is 3.67. The van der Waals surface area contributed by atoms with Crippen LogP contribution in [0.1, 0.15) is 12.5 Å². The van der Waals surface area contributed by atoms with Gasteiger partial charge in [-0.05, 0) is 49.0 Å². The van der Waals surface area contributed by atoms with E-state index >= 15 is 0 Å². The maximum Gasteiger partial charge on any atom is 0.279 e. The van der Waals surface area contributed by atoms with E-state index in [4.69, 9.17) is 21.7 Å². The third kappa shape index (κ3) is 5.89. The van der Waals surface area contributed by atoms with Crippen molar-refractivity contribution in [2.75, 3.05) is 7.11 Å². The molecule has 0 bridgehead atoms. The van der Waals surface area contributed by atoms with Gasteiger partial charge in [-0.2, -0.15) is 0 Å². The standard InChI is InChI=1S/C18H20FN3O3S/c1-12(25-16-6-4-3-5-15(16)19)17(23)21-22-18(26)20-11-13-7-9-14(24-2)10-8-13/h3-10,12H,11H2,1-2H3,(H,21,23)(H2,20,22,26)/t12-/m0/s1. The molecule has 0 aliphatic rings. The summed E-state index contributed by atoms with van der Waals surface area (Å²) in [4.78, 5) is 12.0. The maximum absolute atomic E-state index is 13.5. The van der Waals surface area contributed by atoms with Crippen molar-refractivity contribution in [1.82, 2.24) is 16.2 Å². The predicted molar refractivity (Wildman–Crippen MR) is 100 cm³/mol. The lowest BCUT2D eigenvalue weighted by molar-refractivity contribution is -0.127. The molecule has 3 N–H and O–H groups in total. The lowest BCUT2D eigenvalue weighted by atomic mass is 10.2. The van der Waals surface area contributed by atoms with E-state index in [1.807, 2.05) is 24.3 Å². The Balaban J connectivity index is 1.73. The highest BCUT2D eigenvalue weighted by Gasteiger charge is 2.16. The topological polar surface area (TPSA) is 71.6 Å². The largest absolute Gasteiger partial charge is 0.497 e. The number of carbonyl (C=O) groups is 1. The summed E-state index contributed by atoms with van der Waals surface area (Å²) < 4.78 is 23.9. The normalized spacial score (nSPS) is 11.2. The van der Waals surface area contributed by atoms with Gasteiger partial charge in [0.05, 0.1) is 7.11 Å². The molecule has 2 aromatic carbocycles. The molecule has 1 atom stereocenters. The zero-order valence-corrected chi connectivity index (χ0v) is 15.2. The van der Waals surface area contributed by atoms with Crippen LogP contribution in [0.25, 0.3) is 0 Å². The molecule has 1 amide bonds. The molecular weight excluding hydrogens is 357 g/mol. The van der Waals surface area contributed by atoms with Gasteiger partial charge in [0, 0.05) is 6.54 Å². The highest BCUT2D eigenvalue weighted by Crippen LogP contribution is 2.16. The van der Waals surface area contributed by atoms with Crippen molar-refractivity contribution < 1.29 is 18.7 Å². The van der Waals surface area contributed by atoms with Crippen LogP contribution in [0.3, 0.4) is 0 Å². The number of hydrogen-bond donors (Lipinski definition) is 3. The molecule has 0 aliphatic carbocycles. The number of halogens is 1. The number of carbonyl (C=O) groups excluding carboxylic acids is 1. The number of thiocarbonyl (C=S) groups is 1. The van der Waals surface area contributed by atoms with Crippen LogP contribution in [0.2, 0.25) is 0 Å². The predicted octanol–water partition coefficient (Wildman–Crippen LogP) is 2.30. The number of amides is 1. The second-order valence-electron chi connectivity index (χ2n) is 5.34. The fraction of sp³-hybridized carbons (Fsp3) is 0.222. The third-order valence-electron chi connectivity index (χ3n) is 3.42. The summed E-state index contributed by atoms with van der Waals surface area (Å²) in [5.74, 6) is -0.237. The zero-order chi connectivity index (χ0) is 18.9. The first-order valence-corrected chi connectivity index (χ1v) is 8.28. The molecule has 138 valence electrons. The van der Waals surface area contributed by atoms with E-state index in [0.29, 0.717) is 6.54 Å². The Morgan fingerprint density at radius 2 is 1.85 bits per heavy atom. The van der Waals surface area contributed by atoms with Crippen molar-refractivity contribution in [2.24, 2.45) is 0 Å². The van der Waals surface area contributed by atoms with Crippen LogP contribution in [0.15, 0.2) is 48.5 Å². The van der Waals surface area contributed by atoms with Gasteiger partial charge in [-0.25, -0.2) is 4.39 Å². The number of methoxy groups -OCH3 is 1. The molecule has 0 saturated heterocycles. The minimum absolute atomic E-state index is 0.00959. The second kappa shape index (κ2) is 9.57. The van der Waals surface area contributed by atoms with Crippen molar-refractivity contribution in [1.29, 1.82) is 0 Å². The molecule has 8 heteroatoms. The van der Waals surface area contributed by atoms with E-state index in [1.165, 1.54) is 19.1 Å². The van der Waals surface area contributed by atoms with Gasteiger partial charge in [0.15, 0.2) is 22.8 Å². The first kappa shape index (κ1) is 19.5. The summed E-state index contributed by atoms with van der Waals surface area (Å²) >= 11 is 5.09.